The third-order valence-corrected chi connectivity index (χ3v) is 4.60. The van der Waals surface area contributed by atoms with E-state index in [0.717, 1.165) is 44.6 Å². The van der Waals surface area contributed by atoms with Gasteiger partial charge in [0.1, 0.15) is 0 Å². The lowest BCUT2D eigenvalue weighted by Crippen LogP contribution is -2.38. The van der Waals surface area contributed by atoms with Crippen molar-refractivity contribution < 1.29 is 4.79 Å². The van der Waals surface area contributed by atoms with Crippen LogP contribution in [-0.4, -0.2) is 29.4 Å². The van der Waals surface area contributed by atoms with Crippen LogP contribution in [0.4, 0.5) is 0 Å². The molecule has 0 aromatic rings. The second-order valence-corrected chi connectivity index (χ2v) is 6.71. The highest BCUT2D eigenvalue weighted by Gasteiger charge is 2.21. The molecule has 0 bridgehead atoms. The Kier molecular flexibility index (Phi) is 8.20. The van der Waals surface area contributed by atoms with Crippen molar-refractivity contribution >= 4 is 5.91 Å². The van der Waals surface area contributed by atoms with Gasteiger partial charge in [-0.05, 0) is 58.3 Å². The molecule has 1 aliphatic rings. The fourth-order valence-electron chi connectivity index (χ4n) is 3.15. The van der Waals surface area contributed by atoms with E-state index in [1.54, 1.807) is 0 Å². The number of nitrogens with zero attached hydrogens (tertiary/aromatic N) is 1. The van der Waals surface area contributed by atoms with Crippen molar-refractivity contribution in [3.8, 4) is 0 Å². The average molecular weight is 282 g/mol. The Labute approximate surface area is 125 Å². The molecule has 0 aliphatic heterocycles. The Morgan fingerprint density at radius 2 is 1.85 bits per heavy atom. The minimum atomic E-state index is 0.333. The first-order chi connectivity index (χ1) is 9.54. The summed E-state index contributed by atoms with van der Waals surface area (Å²) in [7, 11) is 0. The van der Waals surface area contributed by atoms with Crippen LogP contribution in [-0.2, 0) is 4.79 Å². The zero-order valence-corrected chi connectivity index (χ0v) is 13.7. The van der Waals surface area contributed by atoms with Gasteiger partial charge in [-0.25, -0.2) is 0 Å². The summed E-state index contributed by atoms with van der Waals surface area (Å²) in [6, 6.07) is 0.738. The molecule has 118 valence electrons. The van der Waals surface area contributed by atoms with Gasteiger partial charge in [-0.1, -0.05) is 19.8 Å². The molecule has 0 aromatic carbocycles. The molecule has 1 saturated carbocycles. The molecule has 1 amide bonds. The van der Waals surface area contributed by atoms with Crippen LogP contribution in [0.5, 0.6) is 0 Å². The number of unbranched alkanes of at least 4 members (excludes halogenated alkanes) is 2. The smallest absolute Gasteiger partial charge is 0.222 e. The van der Waals surface area contributed by atoms with E-state index in [0.29, 0.717) is 18.0 Å². The fourth-order valence-corrected chi connectivity index (χ4v) is 3.15. The molecule has 3 heteroatoms. The minimum Gasteiger partial charge on any atom is -0.340 e. The molecule has 0 saturated heterocycles. The summed E-state index contributed by atoms with van der Waals surface area (Å²) in [5.74, 6) is 1.08. The van der Waals surface area contributed by atoms with Gasteiger partial charge >= 0.3 is 0 Å². The standard InChI is InChI=1S/C17H34N2O/c1-4-5-6-13-19(14(2)3)17(20)12-9-15-7-10-16(18)11-8-15/h14-16H,4-13,18H2,1-3H3. The second kappa shape index (κ2) is 9.38. The van der Waals surface area contributed by atoms with Crippen LogP contribution in [0.3, 0.4) is 0 Å². The van der Waals surface area contributed by atoms with Crippen molar-refractivity contribution in [2.24, 2.45) is 11.7 Å². The normalized spacial score (nSPS) is 23.1. The maximum Gasteiger partial charge on any atom is 0.222 e. The lowest BCUT2D eigenvalue weighted by Gasteiger charge is -2.29. The molecular weight excluding hydrogens is 248 g/mol. The van der Waals surface area contributed by atoms with E-state index in [9.17, 15) is 4.79 Å². The largest absolute Gasteiger partial charge is 0.340 e. The van der Waals surface area contributed by atoms with Crippen molar-refractivity contribution in [3.63, 3.8) is 0 Å². The Morgan fingerprint density at radius 1 is 1.20 bits per heavy atom. The predicted molar refractivity (Wildman–Crippen MR) is 85.5 cm³/mol. The molecule has 0 radical (unpaired) electrons. The summed E-state index contributed by atoms with van der Waals surface area (Å²) < 4.78 is 0. The Bertz CT molecular complexity index is 270. The molecule has 20 heavy (non-hydrogen) atoms. The van der Waals surface area contributed by atoms with Crippen molar-refractivity contribution in [1.29, 1.82) is 0 Å². The van der Waals surface area contributed by atoms with E-state index in [4.69, 9.17) is 5.73 Å². The summed E-state index contributed by atoms with van der Waals surface area (Å²) in [5.41, 5.74) is 5.93. The number of carbonyl (C=O) groups is 1. The van der Waals surface area contributed by atoms with Gasteiger partial charge in [-0.15, -0.1) is 0 Å². The van der Waals surface area contributed by atoms with Gasteiger partial charge in [0.05, 0.1) is 0 Å². The van der Waals surface area contributed by atoms with E-state index in [1.165, 1.54) is 25.7 Å². The van der Waals surface area contributed by atoms with Crippen molar-refractivity contribution in [3.05, 3.63) is 0 Å². The number of hydrogen-bond acceptors (Lipinski definition) is 2. The Balaban J connectivity index is 2.30. The van der Waals surface area contributed by atoms with Gasteiger partial charge in [0, 0.05) is 25.0 Å². The van der Waals surface area contributed by atoms with Crippen LogP contribution in [0.1, 0.15) is 78.6 Å². The number of amides is 1. The van der Waals surface area contributed by atoms with E-state index >= 15 is 0 Å². The zero-order valence-electron chi connectivity index (χ0n) is 13.7. The average Bonchev–Trinajstić information content (AvgIpc) is 2.42. The second-order valence-electron chi connectivity index (χ2n) is 6.71. The van der Waals surface area contributed by atoms with Gasteiger partial charge in [0.25, 0.3) is 0 Å². The zero-order chi connectivity index (χ0) is 15.0. The Morgan fingerprint density at radius 3 is 2.40 bits per heavy atom. The van der Waals surface area contributed by atoms with E-state index in [2.05, 4.69) is 25.7 Å². The van der Waals surface area contributed by atoms with Gasteiger partial charge in [0.2, 0.25) is 5.91 Å². The van der Waals surface area contributed by atoms with Crippen LogP contribution in [0.25, 0.3) is 0 Å². The molecular formula is C17H34N2O. The van der Waals surface area contributed by atoms with Gasteiger partial charge < -0.3 is 10.6 Å². The first-order valence-corrected chi connectivity index (χ1v) is 8.59. The fraction of sp³-hybridized carbons (Fsp3) is 0.941. The third kappa shape index (κ3) is 6.25. The molecule has 0 unspecified atom stereocenters. The molecule has 2 N–H and O–H groups in total. The number of carbonyl (C=O) groups excluding carboxylic acids is 1. The third-order valence-electron chi connectivity index (χ3n) is 4.60. The highest BCUT2D eigenvalue weighted by atomic mass is 16.2. The quantitative estimate of drug-likeness (QED) is 0.690. The van der Waals surface area contributed by atoms with Crippen molar-refractivity contribution in [2.75, 3.05) is 6.54 Å². The molecule has 1 rings (SSSR count). The van der Waals surface area contributed by atoms with E-state index < -0.39 is 0 Å². The summed E-state index contributed by atoms with van der Waals surface area (Å²) in [5, 5.41) is 0. The van der Waals surface area contributed by atoms with E-state index in [1.807, 2.05) is 0 Å². The van der Waals surface area contributed by atoms with E-state index in [-0.39, 0.29) is 0 Å². The highest BCUT2D eigenvalue weighted by Crippen LogP contribution is 2.27. The Hall–Kier alpha value is -0.570. The summed E-state index contributed by atoms with van der Waals surface area (Å²) >= 11 is 0. The first-order valence-electron chi connectivity index (χ1n) is 8.59. The molecule has 1 fully saturated rings. The number of hydrogen-bond donors (Lipinski definition) is 1. The molecule has 0 heterocycles. The van der Waals surface area contributed by atoms with Gasteiger partial charge in [-0.3, -0.25) is 4.79 Å². The first kappa shape index (κ1) is 17.5. The molecule has 3 nitrogen and oxygen atoms in total. The maximum absolute atomic E-state index is 12.4. The SMILES string of the molecule is CCCCCN(C(=O)CCC1CCC(N)CC1)C(C)C. The summed E-state index contributed by atoms with van der Waals surface area (Å²) in [6.07, 6.45) is 10.1. The van der Waals surface area contributed by atoms with Gasteiger partial charge in [-0.2, -0.15) is 0 Å². The van der Waals surface area contributed by atoms with Gasteiger partial charge in [0.15, 0.2) is 0 Å². The lowest BCUT2D eigenvalue weighted by atomic mass is 9.83. The molecule has 1 aliphatic carbocycles. The molecule has 0 atom stereocenters. The van der Waals surface area contributed by atoms with Crippen LogP contribution < -0.4 is 5.73 Å². The van der Waals surface area contributed by atoms with Crippen molar-refractivity contribution in [1.82, 2.24) is 4.90 Å². The van der Waals surface area contributed by atoms with Crippen LogP contribution in [0.15, 0.2) is 0 Å². The number of rotatable bonds is 8. The van der Waals surface area contributed by atoms with Crippen molar-refractivity contribution in [2.45, 2.75) is 90.6 Å². The predicted octanol–water partition coefficient (Wildman–Crippen LogP) is 3.71. The maximum atomic E-state index is 12.4. The molecule has 0 spiro atoms. The van der Waals surface area contributed by atoms with Crippen LogP contribution in [0.2, 0.25) is 0 Å². The summed E-state index contributed by atoms with van der Waals surface area (Å²) in [4.78, 5) is 14.5. The van der Waals surface area contributed by atoms with Crippen LogP contribution >= 0.6 is 0 Å². The topological polar surface area (TPSA) is 46.3 Å². The van der Waals surface area contributed by atoms with Crippen LogP contribution in [0, 0.1) is 5.92 Å². The number of nitrogens with two attached hydrogens (primary N) is 1. The minimum absolute atomic E-state index is 0.333. The summed E-state index contributed by atoms with van der Waals surface area (Å²) in [6.45, 7) is 7.39. The highest BCUT2D eigenvalue weighted by molar-refractivity contribution is 5.76. The molecule has 0 aromatic heterocycles. The monoisotopic (exact) mass is 282 g/mol. The lowest BCUT2D eigenvalue weighted by molar-refractivity contribution is -0.133.